The number of benzene rings is 2. The van der Waals surface area contributed by atoms with Gasteiger partial charge in [0.25, 0.3) is 0 Å². The van der Waals surface area contributed by atoms with Crippen LogP contribution >= 0.6 is 23.8 Å². The van der Waals surface area contributed by atoms with Crippen molar-refractivity contribution in [2.45, 2.75) is 26.3 Å². The lowest BCUT2D eigenvalue weighted by Gasteiger charge is -2.23. The standard InChI is InChI=1S/C19H23ClN2OS/c1-13(2)12-18(14-4-10-17(23-3)11-5-14)22-19(24)21-16-8-6-15(20)7-9-16/h4-11,13,18H,12H2,1-3H3,(H2,21,22,24)/t18-/m1/s1. The normalized spacial score (nSPS) is 11.9. The molecule has 0 bridgehead atoms. The van der Waals surface area contributed by atoms with Crippen LogP contribution in [0.15, 0.2) is 48.5 Å². The minimum absolute atomic E-state index is 0.142. The Labute approximate surface area is 154 Å². The maximum absolute atomic E-state index is 5.91. The van der Waals surface area contributed by atoms with Crippen molar-refractivity contribution >= 4 is 34.6 Å². The van der Waals surface area contributed by atoms with Crippen LogP contribution in [0.5, 0.6) is 5.75 Å². The van der Waals surface area contributed by atoms with E-state index in [1.165, 1.54) is 5.56 Å². The van der Waals surface area contributed by atoms with Gasteiger partial charge in [-0.2, -0.15) is 0 Å². The number of thiocarbonyl (C=S) groups is 1. The van der Waals surface area contributed by atoms with Gasteiger partial charge in [0.05, 0.1) is 13.2 Å². The van der Waals surface area contributed by atoms with Crippen LogP contribution in [-0.4, -0.2) is 12.2 Å². The molecule has 2 aromatic rings. The van der Waals surface area contributed by atoms with Crippen LogP contribution < -0.4 is 15.4 Å². The van der Waals surface area contributed by atoms with Crippen LogP contribution in [-0.2, 0) is 0 Å². The summed E-state index contributed by atoms with van der Waals surface area (Å²) in [5.41, 5.74) is 2.10. The Morgan fingerprint density at radius 2 is 1.71 bits per heavy atom. The lowest BCUT2D eigenvalue weighted by atomic mass is 9.97. The summed E-state index contributed by atoms with van der Waals surface area (Å²) in [6.07, 6.45) is 0.981. The number of rotatable bonds is 6. The maximum atomic E-state index is 5.91. The molecule has 0 heterocycles. The van der Waals surface area contributed by atoms with E-state index >= 15 is 0 Å². The molecule has 0 spiro atoms. The Morgan fingerprint density at radius 3 is 2.25 bits per heavy atom. The van der Waals surface area contributed by atoms with Crippen molar-refractivity contribution in [3.05, 3.63) is 59.1 Å². The number of nitrogens with one attached hydrogen (secondary N) is 2. The molecule has 0 saturated carbocycles. The zero-order valence-electron chi connectivity index (χ0n) is 14.2. The van der Waals surface area contributed by atoms with Crippen LogP contribution in [0.4, 0.5) is 5.69 Å². The van der Waals surface area contributed by atoms with E-state index in [9.17, 15) is 0 Å². The van der Waals surface area contributed by atoms with Gasteiger partial charge in [-0.15, -0.1) is 0 Å². The van der Waals surface area contributed by atoms with Gasteiger partial charge in [-0.1, -0.05) is 37.6 Å². The van der Waals surface area contributed by atoms with Gasteiger partial charge < -0.3 is 15.4 Å². The molecule has 2 N–H and O–H groups in total. The number of anilines is 1. The second kappa shape index (κ2) is 8.90. The number of hydrogen-bond donors (Lipinski definition) is 2. The van der Waals surface area contributed by atoms with Crippen molar-refractivity contribution in [2.24, 2.45) is 5.92 Å². The average Bonchev–Trinajstić information content (AvgIpc) is 2.56. The Morgan fingerprint density at radius 1 is 1.08 bits per heavy atom. The third kappa shape index (κ3) is 5.69. The summed E-state index contributed by atoms with van der Waals surface area (Å²) in [4.78, 5) is 0. The van der Waals surface area contributed by atoms with E-state index in [2.05, 4.69) is 36.6 Å². The molecule has 0 radical (unpaired) electrons. The van der Waals surface area contributed by atoms with E-state index in [1.54, 1.807) is 7.11 Å². The molecule has 3 nitrogen and oxygen atoms in total. The molecule has 0 fully saturated rings. The van der Waals surface area contributed by atoms with E-state index in [4.69, 9.17) is 28.6 Å². The van der Waals surface area contributed by atoms with Gasteiger partial charge in [0.2, 0.25) is 0 Å². The predicted molar refractivity (Wildman–Crippen MR) is 106 cm³/mol. The van der Waals surface area contributed by atoms with E-state index < -0.39 is 0 Å². The van der Waals surface area contributed by atoms with E-state index in [0.29, 0.717) is 16.1 Å². The quantitative estimate of drug-likeness (QED) is 0.672. The van der Waals surface area contributed by atoms with Crippen LogP contribution in [0, 0.1) is 5.92 Å². The van der Waals surface area contributed by atoms with Crippen LogP contribution in [0.1, 0.15) is 31.9 Å². The van der Waals surface area contributed by atoms with Crippen molar-refractivity contribution in [1.29, 1.82) is 0 Å². The molecule has 1 atom stereocenters. The fourth-order valence-corrected chi connectivity index (χ4v) is 2.83. The molecule has 0 unspecified atom stereocenters. The molecule has 0 aliphatic rings. The van der Waals surface area contributed by atoms with Gasteiger partial charge >= 0.3 is 0 Å². The van der Waals surface area contributed by atoms with Gasteiger partial charge in [0, 0.05) is 10.7 Å². The first-order chi connectivity index (χ1) is 11.5. The topological polar surface area (TPSA) is 33.3 Å². The SMILES string of the molecule is COc1ccc([C@@H](CC(C)C)NC(=S)Nc2ccc(Cl)cc2)cc1. The Balaban J connectivity index is 2.06. The summed E-state index contributed by atoms with van der Waals surface area (Å²) >= 11 is 11.4. The molecule has 5 heteroatoms. The number of hydrogen-bond acceptors (Lipinski definition) is 2. The highest BCUT2D eigenvalue weighted by molar-refractivity contribution is 7.80. The summed E-state index contributed by atoms with van der Waals surface area (Å²) in [6.45, 7) is 4.40. The highest BCUT2D eigenvalue weighted by Gasteiger charge is 2.15. The number of halogens is 1. The summed E-state index contributed by atoms with van der Waals surface area (Å²) in [7, 11) is 1.67. The molecule has 2 aromatic carbocycles. The first-order valence-electron chi connectivity index (χ1n) is 7.95. The van der Waals surface area contributed by atoms with Crippen LogP contribution in [0.25, 0.3) is 0 Å². The molecule has 0 amide bonds. The molecular weight excluding hydrogens is 340 g/mol. The summed E-state index contributed by atoms with van der Waals surface area (Å²) in [5.74, 6) is 1.40. The van der Waals surface area contributed by atoms with Crippen LogP contribution in [0.2, 0.25) is 5.02 Å². The molecule has 0 aliphatic heterocycles. The fraction of sp³-hybridized carbons (Fsp3) is 0.316. The second-order valence-corrected chi connectivity index (χ2v) is 6.91. The molecule has 128 valence electrons. The zero-order chi connectivity index (χ0) is 17.5. The van der Waals surface area contributed by atoms with Crippen molar-refractivity contribution in [3.63, 3.8) is 0 Å². The van der Waals surface area contributed by atoms with E-state index in [1.807, 2.05) is 36.4 Å². The first kappa shape index (κ1) is 18.6. The minimum Gasteiger partial charge on any atom is -0.497 e. The van der Waals surface area contributed by atoms with Crippen molar-refractivity contribution in [1.82, 2.24) is 5.32 Å². The molecule has 24 heavy (non-hydrogen) atoms. The highest BCUT2D eigenvalue weighted by atomic mass is 35.5. The van der Waals surface area contributed by atoms with Gasteiger partial charge in [-0.05, 0) is 66.5 Å². The largest absolute Gasteiger partial charge is 0.497 e. The Bertz CT molecular complexity index is 656. The summed E-state index contributed by atoms with van der Waals surface area (Å²) in [5, 5.41) is 7.91. The zero-order valence-corrected chi connectivity index (χ0v) is 15.7. The maximum Gasteiger partial charge on any atom is 0.171 e. The lowest BCUT2D eigenvalue weighted by molar-refractivity contribution is 0.414. The molecule has 0 aromatic heterocycles. The van der Waals surface area contributed by atoms with Gasteiger partial charge in [-0.3, -0.25) is 0 Å². The first-order valence-corrected chi connectivity index (χ1v) is 8.73. The minimum atomic E-state index is 0.142. The molecular formula is C19H23ClN2OS. The van der Waals surface area contributed by atoms with E-state index in [-0.39, 0.29) is 6.04 Å². The fourth-order valence-electron chi connectivity index (χ4n) is 2.44. The number of ether oxygens (including phenoxy) is 1. The van der Waals surface area contributed by atoms with Crippen molar-refractivity contribution in [3.8, 4) is 5.75 Å². The molecule has 0 saturated heterocycles. The smallest absolute Gasteiger partial charge is 0.171 e. The third-order valence-electron chi connectivity index (χ3n) is 3.63. The van der Waals surface area contributed by atoms with Gasteiger partial charge in [0.1, 0.15) is 5.75 Å². The monoisotopic (exact) mass is 362 g/mol. The lowest BCUT2D eigenvalue weighted by Crippen LogP contribution is -2.33. The third-order valence-corrected chi connectivity index (χ3v) is 4.10. The summed E-state index contributed by atoms with van der Waals surface area (Å²) < 4.78 is 5.23. The Hall–Kier alpha value is -1.78. The number of methoxy groups -OCH3 is 1. The molecule has 0 aliphatic carbocycles. The average molecular weight is 363 g/mol. The second-order valence-electron chi connectivity index (χ2n) is 6.06. The predicted octanol–water partition coefficient (Wildman–Crippen LogP) is 5.42. The van der Waals surface area contributed by atoms with E-state index in [0.717, 1.165) is 17.9 Å². The van der Waals surface area contributed by atoms with Gasteiger partial charge in [-0.25, -0.2) is 0 Å². The summed E-state index contributed by atoms with van der Waals surface area (Å²) in [6, 6.07) is 15.7. The van der Waals surface area contributed by atoms with Crippen molar-refractivity contribution < 1.29 is 4.74 Å². The highest BCUT2D eigenvalue weighted by Crippen LogP contribution is 2.24. The Kier molecular flexibility index (Phi) is 6.88. The van der Waals surface area contributed by atoms with Gasteiger partial charge in [0.15, 0.2) is 5.11 Å². The molecule has 2 rings (SSSR count). The van der Waals surface area contributed by atoms with Crippen molar-refractivity contribution in [2.75, 3.05) is 12.4 Å². The van der Waals surface area contributed by atoms with Crippen LogP contribution in [0.3, 0.4) is 0 Å².